The molecule has 16 heavy (non-hydrogen) atoms. The summed E-state index contributed by atoms with van der Waals surface area (Å²) in [6.45, 7) is 15.8. The van der Waals surface area contributed by atoms with Crippen molar-refractivity contribution in [2.45, 2.75) is 59.3 Å². The Hall–Kier alpha value is -0.720. The second-order valence-electron chi connectivity index (χ2n) is 4.90. The van der Waals surface area contributed by atoms with Crippen LogP contribution in [0.15, 0.2) is 24.4 Å². The first-order chi connectivity index (χ1) is 7.57. The summed E-state index contributed by atoms with van der Waals surface area (Å²) in [5, 5.41) is 3.40. The first kappa shape index (κ1) is 15.3. The lowest BCUT2D eigenvalue weighted by molar-refractivity contribution is 0.620. The first-order valence-electron chi connectivity index (χ1n) is 6.67. The monoisotopic (exact) mass is 223 g/mol. The van der Waals surface area contributed by atoms with Crippen LogP contribution in [0.25, 0.3) is 0 Å². The van der Waals surface area contributed by atoms with E-state index in [9.17, 15) is 0 Å². The number of nitrogens with one attached hydrogen (secondary N) is 1. The molecule has 0 spiro atoms. The lowest BCUT2D eigenvalue weighted by atomic mass is 10.00. The lowest BCUT2D eigenvalue weighted by Crippen LogP contribution is -2.14. The van der Waals surface area contributed by atoms with E-state index in [1.54, 1.807) is 0 Å². The highest BCUT2D eigenvalue weighted by molar-refractivity contribution is 5.02. The van der Waals surface area contributed by atoms with Gasteiger partial charge < -0.3 is 5.32 Å². The summed E-state index contributed by atoms with van der Waals surface area (Å²) in [6.07, 6.45) is 7.34. The fourth-order valence-corrected chi connectivity index (χ4v) is 1.51. The maximum atomic E-state index is 4.08. The fraction of sp³-hybridized carbons (Fsp3) is 0.733. The Balaban J connectivity index is 3.41. The zero-order chi connectivity index (χ0) is 12.4. The molecule has 1 nitrogen and oxygen atoms in total. The van der Waals surface area contributed by atoms with E-state index < -0.39 is 0 Å². The van der Waals surface area contributed by atoms with Crippen LogP contribution in [0.5, 0.6) is 0 Å². The Bertz CT molecular complexity index is 203. The first-order valence-corrected chi connectivity index (χ1v) is 6.67. The van der Waals surface area contributed by atoms with Gasteiger partial charge in [-0.1, -0.05) is 58.8 Å². The average molecular weight is 223 g/mol. The van der Waals surface area contributed by atoms with E-state index >= 15 is 0 Å². The molecule has 94 valence electrons. The van der Waals surface area contributed by atoms with E-state index in [1.165, 1.54) is 37.0 Å². The molecule has 0 rings (SSSR count). The molecule has 0 aliphatic heterocycles. The molecule has 0 fully saturated rings. The van der Waals surface area contributed by atoms with Crippen LogP contribution in [0.4, 0.5) is 0 Å². The number of hydrogen-bond acceptors (Lipinski definition) is 1. The molecule has 0 aliphatic carbocycles. The van der Waals surface area contributed by atoms with Crippen molar-refractivity contribution in [3.63, 3.8) is 0 Å². The van der Waals surface area contributed by atoms with Crippen LogP contribution < -0.4 is 5.32 Å². The number of rotatable bonds is 10. The summed E-state index contributed by atoms with van der Waals surface area (Å²) in [4.78, 5) is 0. The summed E-state index contributed by atoms with van der Waals surface area (Å²) in [5.74, 6) is 0.595. The smallest absolute Gasteiger partial charge is 0.0143 e. The topological polar surface area (TPSA) is 12.0 Å². The molecule has 0 aromatic carbocycles. The van der Waals surface area contributed by atoms with Gasteiger partial charge >= 0.3 is 0 Å². The molecule has 0 radical (unpaired) electrons. The maximum absolute atomic E-state index is 4.08. The summed E-state index contributed by atoms with van der Waals surface area (Å²) >= 11 is 0. The van der Waals surface area contributed by atoms with E-state index in [-0.39, 0.29) is 0 Å². The van der Waals surface area contributed by atoms with Gasteiger partial charge in [0, 0.05) is 12.2 Å². The minimum Gasteiger partial charge on any atom is -0.389 e. The zero-order valence-corrected chi connectivity index (χ0v) is 11.4. The molecule has 1 N–H and O–H groups in total. The van der Waals surface area contributed by atoms with Crippen LogP contribution in [-0.2, 0) is 0 Å². The highest BCUT2D eigenvalue weighted by atomic mass is 14.9. The highest BCUT2D eigenvalue weighted by Crippen LogP contribution is 2.15. The predicted octanol–water partition coefficient (Wildman–Crippen LogP) is 4.66. The average Bonchev–Trinajstić information content (AvgIpc) is 2.25. The molecular weight excluding hydrogens is 194 g/mol. The van der Waals surface area contributed by atoms with Crippen LogP contribution >= 0.6 is 0 Å². The molecule has 0 heterocycles. The molecule has 0 atom stereocenters. The van der Waals surface area contributed by atoms with Gasteiger partial charge in [0.1, 0.15) is 0 Å². The largest absolute Gasteiger partial charge is 0.389 e. The van der Waals surface area contributed by atoms with Crippen LogP contribution in [0.3, 0.4) is 0 Å². The molecule has 0 saturated carbocycles. The minimum atomic E-state index is 0.595. The third kappa shape index (κ3) is 8.58. The third-order valence-corrected chi connectivity index (χ3v) is 2.97. The normalized spacial score (nSPS) is 10.5. The van der Waals surface area contributed by atoms with Gasteiger partial charge in [0.25, 0.3) is 0 Å². The molecule has 0 bridgehead atoms. The standard InChI is InChI=1S/C15H29N/c1-6-7-8-9-12-16-15(5)11-10-14(4)13(2)3/h13,16H,4-12H2,1-3H3. The molecule has 0 aromatic rings. The van der Waals surface area contributed by atoms with E-state index in [2.05, 4.69) is 39.2 Å². The van der Waals surface area contributed by atoms with Crippen LogP contribution in [-0.4, -0.2) is 6.54 Å². The van der Waals surface area contributed by atoms with Gasteiger partial charge in [0.05, 0.1) is 0 Å². The number of hydrogen-bond donors (Lipinski definition) is 1. The fourth-order valence-electron chi connectivity index (χ4n) is 1.51. The lowest BCUT2D eigenvalue weighted by Gasteiger charge is -2.12. The van der Waals surface area contributed by atoms with Crippen molar-refractivity contribution in [1.29, 1.82) is 0 Å². The molecule has 0 unspecified atom stereocenters. The SMILES string of the molecule is C=C(CCC(=C)C(C)C)NCCCCCC. The maximum Gasteiger partial charge on any atom is 0.0143 e. The zero-order valence-electron chi connectivity index (χ0n) is 11.4. The summed E-state index contributed by atoms with van der Waals surface area (Å²) in [5.41, 5.74) is 2.49. The summed E-state index contributed by atoms with van der Waals surface area (Å²) in [7, 11) is 0. The van der Waals surface area contributed by atoms with E-state index in [4.69, 9.17) is 0 Å². The third-order valence-electron chi connectivity index (χ3n) is 2.97. The molecule has 0 aliphatic rings. The molecule has 1 heteroatoms. The van der Waals surface area contributed by atoms with Gasteiger partial charge in [-0.3, -0.25) is 0 Å². The van der Waals surface area contributed by atoms with Gasteiger partial charge in [-0.15, -0.1) is 0 Å². The number of allylic oxidation sites excluding steroid dienone is 2. The Labute approximate surface area is 102 Å². The predicted molar refractivity (Wildman–Crippen MR) is 74.5 cm³/mol. The van der Waals surface area contributed by atoms with Crippen molar-refractivity contribution in [3.05, 3.63) is 24.4 Å². The van der Waals surface area contributed by atoms with Crippen LogP contribution in [0, 0.1) is 5.92 Å². The highest BCUT2D eigenvalue weighted by Gasteiger charge is 2.01. The summed E-state index contributed by atoms with van der Waals surface area (Å²) < 4.78 is 0. The molecular formula is C15H29N. The van der Waals surface area contributed by atoms with Gasteiger partial charge in [0.15, 0.2) is 0 Å². The van der Waals surface area contributed by atoms with Crippen molar-refractivity contribution < 1.29 is 0 Å². The van der Waals surface area contributed by atoms with Crippen molar-refractivity contribution in [2.75, 3.05) is 6.54 Å². The molecule has 0 amide bonds. The van der Waals surface area contributed by atoms with E-state index in [1.807, 2.05) is 0 Å². The Morgan fingerprint density at radius 1 is 1.06 bits per heavy atom. The van der Waals surface area contributed by atoms with E-state index in [0.29, 0.717) is 5.92 Å². The van der Waals surface area contributed by atoms with Crippen molar-refractivity contribution in [2.24, 2.45) is 5.92 Å². The number of unbranched alkanes of at least 4 members (excludes halogenated alkanes) is 3. The van der Waals surface area contributed by atoms with Gasteiger partial charge in [-0.05, 0) is 25.2 Å². The Morgan fingerprint density at radius 3 is 2.31 bits per heavy atom. The minimum absolute atomic E-state index is 0.595. The van der Waals surface area contributed by atoms with Gasteiger partial charge in [-0.2, -0.15) is 0 Å². The Kier molecular flexibility index (Phi) is 9.07. The van der Waals surface area contributed by atoms with Crippen molar-refractivity contribution in [3.8, 4) is 0 Å². The molecule has 0 saturated heterocycles. The van der Waals surface area contributed by atoms with Crippen LogP contribution in [0.2, 0.25) is 0 Å². The van der Waals surface area contributed by atoms with E-state index in [0.717, 1.165) is 19.4 Å². The second-order valence-corrected chi connectivity index (χ2v) is 4.90. The van der Waals surface area contributed by atoms with Crippen molar-refractivity contribution in [1.82, 2.24) is 5.32 Å². The van der Waals surface area contributed by atoms with Gasteiger partial charge in [-0.25, -0.2) is 0 Å². The second kappa shape index (κ2) is 9.50. The Morgan fingerprint density at radius 2 is 1.75 bits per heavy atom. The van der Waals surface area contributed by atoms with Gasteiger partial charge in [0.2, 0.25) is 0 Å². The summed E-state index contributed by atoms with van der Waals surface area (Å²) in [6, 6.07) is 0. The van der Waals surface area contributed by atoms with Crippen LogP contribution in [0.1, 0.15) is 59.3 Å². The van der Waals surface area contributed by atoms with Crippen molar-refractivity contribution >= 4 is 0 Å². The molecule has 0 aromatic heterocycles. The quantitative estimate of drug-likeness (QED) is 0.419.